The number of benzene rings is 1. The Hall–Kier alpha value is -1.36. The molecule has 0 bridgehead atoms. The number of hydrogen-bond acceptors (Lipinski definition) is 4. The molecule has 0 unspecified atom stereocenters. The van der Waals surface area contributed by atoms with Gasteiger partial charge in [-0.25, -0.2) is 14.8 Å². The van der Waals surface area contributed by atoms with Crippen molar-refractivity contribution in [3.05, 3.63) is 45.3 Å². The van der Waals surface area contributed by atoms with Gasteiger partial charge >= 0.3 is 5.97 Å². The van der Waals surface area contributed by atoms with Crippen LogP contribution in [-0.2, 0) is 4.74 Å². The van der Waals surface area contributed by atoms with Gasteiger partial charge < -0.3 is 4.74 Å². The molecule has 0 aliphatic heterocycles. The van der Waals surface area contributed by atoms with Crippen molar-refractivity contribution < 1.29 is 9.53 Å². The van der Waals surface area contributed by atoms with Crippen LogP contribution < -0.4 is 0 Å². The number of carbonyl (C=O) groups is 1. The van der Waals surface area contributed by atoms with E-state index in [2.05, 4.69) is 14.7 Å². The molecule has 0 saturated carbocycles. The fourth-order valence-corrected chi connectivity index (χ4v) is 2.00. The summed E-state index contributed by atoms with van der Waals surface area (Å²) in [7, 11) is 1.24. The van der Waals surface area contributed by atoms with Gasteiger partial charge in [0.15, 0.2) is 10.8 Å². The molecule has 1 aromatic carbocycles. The van der Waals surface area contributed by atoms with Crippen molar-refractivity contribution >= 4 is 40.8 Å². The van der Waals surface area contributed by atoms with Crippen molar-refractivity contribution in [2.45, 2.75) is 0 Å². The van der Waals surface area contributed by atoms with Crippen LogP contribution in [0.25, 0.3) is 11.3 Å². The molecule has 0 amide bonds. The number of rotatable bonds is 2. The fraction of sp³-hybridized carbons (Fsp3) is 0.0833. The zero-order valence-corrected chi connectivity index (χ0v) is 11.9. The zero-order chi connectivity index (χ0) is 14.0. The lowest BCUT2D eigenvalue weighted by molar-refractivity contribution is 0.0594. The maximum Gasteiger partial charge on any atom is 0.359 e. The molecular formula is C12H7Cl3N2O2. The Kier molecular flexibility index (Phi) is 4.24. The predicted octanol–water partition coefficient (Wildman–Crippen LogP) is 3.89. The maximum atomic E-state index is 11.5. The quantitative estimate of drug-likeness (QED) is 0.789. The molecule has 0 saturated heterocycles. The highest BCUT2D eigenvalue weighted by Crippen LogP contribution is 2.32. The monoisotopic (exact) mass is 316 g/mol. The molecule has 19 heavy (non-hydrogen) atoms. The van der Waals surface area contributed by atoms with E-state index in [0.717, 1.165) is 0 Å². The molecule has 0 N–H and O–H groups in total. The third kappa shape index (κ3) is 2.81. The second-order valence-corrected chi connectivity index (χ2v) is 4.63. The highest BCUT2D eigenvalue weighted by Gasteiger charge is 2.17. The number of methoxy groups -OCH3 is 1. The van der Waals surface area contributed by atoms with Gasteiger partial charge in [-0.3, -0.25) is 0 Å². The van der Waals surface area contributed by atoms with E-state index in [-0.39, 0.29) is 10.8 Å². The molecule has 1 aromatic heterocycles. The molecule has 0 aliphatic rings. The summed E-state index contributed by atoms with van der Waals surface area (Å²) in [6.45, 7) is 0. The first-order chi connectivity index (χ1) is 9.04. The molecule has 4 nitrogen and oxygen atoms in total. The van der Waals surface area contributed by atoms with Crippen molar-refractivity contribution in [1.29, 1.82) is 0 Å². The second-order valence-electron chi connectivity index (χ2n) is 3.49. The highest BCUT2D eigenvalue weighted by atomic mass is 35.5. The Morgan fingerprint density at radius 3 is 2.68 bits per heavy atom. The van der Waals surface area contributed by atoms with E-state index in [1.54, 1.807) is 18.2 Å². The van der Waals surface area contributed by atoms with Crippen molar-refractivity contribution in [2.75, 3.05) is 7.11 Å². The Morgan fingerprint density at radius 2 is 2.00 bits per heavy atom. The van der Waals surface area contributed by atoms with Gasteiger partial charge in [0.05, 0.1) is 29.0 Å². The lowest BCUT2D eigenvalue weighted by Gasteiger charge is -2.07. The topological polar surface area (TPSA) is 52.1 Å². The van der Waals surface area contributed by atoms with Gasteiger partial charge in [-0.2, -0.15) is 0 Å². The smallest absolute Gasteiger partial charge is 0.359 e. The van der Waals surface area contributed by atoms with Crippen LogP contribution in [0, 0.1) is 0 Å². The molecule has 0 atom stereocenters. The molecule has 2 aromatic rings. The number of carbonyl (C=O) groups excluding carboxylic acids is 1. The van der Waals surface area contributed by atoms with Crippen molar-refractivity contribution in [3.8, 4) is 11.3 Å². The second kappa shape index (κ2) is 5.74. The minimum atomic E-state index is -0.669. The molecule has 0 radical (unpaired) electrons. The molecule has 2 rings (SSSR count). The Bertz CT molecular complexity index is 647. The van der Waals surface area contributed by atoms with Crippen molar-refractivity contribution in [3.63, 3.8) is 0 Å². The van der Waals surface area contributed by atoms with E-state index in [1.165, 1.54) is 13.3 Å². The van der Waals surface area contributed by atoms with Gasteiger partial charge in [0.2, 0.25) is 0 Å². The number of halogens is 3. The molecule has 0 spiro atoms. The van der Waals surface area contributed by atoms with Crippen LogP contribution in [0.2, 0.25) is 15.2 Å². The third-order valence-electron chi connectivity index (χ3n) is 2.33. The number of esters is 1. The summed E-state index contributed by atoms with van der Waals surface area (Å²) in [4.78, 5) is 19.5. The first kappa shape index (κ1) is 14.1. The summed E-state index contributed by atoms with van der Waals surface area (Å²) in [5.41, 5.74) is 0.874. The Morgan fingerprint density at radius 1 is 1.26 bits per heavy atom. The average molecular weight is 318 g/mol. The van der Waals surface area contributed by atoms with Crippen molar-refractivity contribution in [2.24, 2.45) is 0 Å². The van der Waals surface area contributed by atoms with Gasteiger partial charge in [0.25, 0.3) is 0 Å². The molecule has 1 heterocycles. The molecule has 0 aliphatic carbocycles. The van der Waals surface area contributed by atoms with Crippen LogP contribution in [0.15, 0.2) is 24.4 Å². The highest BCUT2D eigenvalue weighted by molar-refractivity contribution is 6.43. The normalized spacial score (nSPS) is 10.3. The van der Waals surface area contributed by atoms with E-state index < -0.39 is 5.97 Å². The lowest BCUT2D eigenvalue weighted by Crippen LogP contribution is -2.07. The van der Waals surface area contributed by atoms with Crippen LogP contribution in [0.5, 0.6) is 0 Å². The summed E-state index contributed by atoms with van der Waals surface area (Å²) in [6.07, 6.45) is 1.41. The van der Waals surface area contributed by atoms with Crippen LogP contribution in [0.4, 0.5) is 0 Å². The third-order valence-corrected chi connectivity index (χ3v) is 3.43. The van der Waals surface area contributed by atoms with Gasteiger partial charge in [0.1, 0.15) is 0 Å². The first-order valence-corrected chi connectivity index (χ1v) is 6.23. The minimum absolute atomic E-state index is 0.0336. The summed E-state index contributed by atoms with van der Waals surface area (Å²) < 4.78 is 4.58. The van der Waals surface area contributed by atoms with E-state index >= 15 is 0 Å². The zero-order valence-electron chi connectivity index (χ0n) is 9.65. The van der Waals surface area contributed by atoms with Gasteiger partial charge in [0, 0.05) is 5.56 Å². The Labute approximate surface area is 124 Å². The van der Waals surface area contributed by atoms with Crippen LogP contribution in [0.3, 0.4) is 0 Å². The van der Waals surface area contributed by atoms with E-state index in [0.29, 0.717) is 21.3 Å². The molecular weight excluding hydrogens is 311 g/mol. The van der Waals surface area contributed by atoms with E-state index in [4.69, 9.17) is 34.8 Å². The van der Waals surface area contributed by atoms with E-state index in [9.17, 15) is 4.79 Å². The van der Waals surface area contributed by atoms with Gasteiger partial charge in [-0.05, 0) is 6.07 Å². The fourth-order valence-electron chi connectivity index (χ4n) is 1.43. The van der Waals surface area contributed by atoms with E-state index in [1.807, 2.05) is 0 Å². The minimum Gasteiger partial charge on any atom is -0.464 e. The lowest BCUT2D eigenvalue weighted by atomic mass is 10.1. The number of aromatic nitrogens is 2. The van der Waals surface area contributed by atoms with Crippen molar-refractivity contribution in [1.82, 2.24) is 9.97 Å². The SMILES string of the molecule is COC(=O)c1nc(-c2cccc(Cl)c2Cl)cnc1Cl. The molecule has 7 heteroatoms. The molecule has 0 fully saturated rings. The van der Waals surface area contributed by atoms with Gasteiger partial charge in [-0.1, -0.05) is 46.9 Å². The summed E-state index contributed by atoms with van der Waals surface area (Å²) in [6, 6.07) is 5.09. The van der Waals surface area contributed by atoms with Crippen LogP contribution >= 0.6 is 34.8 Å². The van der Waals surface area contributed by atoms with Crippen LogP contribution in [-0.4, -0.2) is 23.0 Å². The maximum absolute atomic E-state index is 11.5. The molecule has 98 valence electrons. The first-order valence-electron chi connectivity index (χ1n) is 5.10. The average Bonchev–Trinajstić information content (AvgIpc) is 2.42. The Balaban J connectivity index is 2.58. The van der Waals surface area contributed by atoms with Crippen LogP contribution in [0.1, 0.15) is 10.5 Å². The summed E-state index contributed by atoms with van der Waals surface area (Å²) in [5, 5.41) is 0.681. The summed E-state index contributed by atoms with van der Waals surface area (Å²) in [5.74, 6) is -0.669. The van der Waals surface area contributed by atoms with Gasteiger partial charge in [-0.15, -0.1) is 0 Å². The summed E-state index contributed by atoms with van der Waals surface area (Å²) >= 11 is 17.8. The number of hydrogen-bond donors (Lipinski definition) is 0. The number of ether oxygens (including phenoxy) is 1. The predicted molar refractivity (Wildman–Crippen MR) is 73.8 cm³/mol. The number of nitrogens with zero attached hydrogens (tertiary/aromatic N) is 2. The largest absolute Gasteiger partial charge is 0.464 e. The standard InChI is InChI=1S/C12H7Cl3N2O2/c1-19-12(18)10-11(15)16-5-8(17-10)6-3-2-4-7(13)9(6)14/h2-5H,1H3.